The summed E-state index contributed by atoms with van der Waals surface area (Å²) in [5.74, 6) is -0.283. The van der Waals surface area contributed by atoms with Gasteiger partial charge in [0.15, 0.2) is 0 Å². The maximum absolute atomic E-state index is 13.1. The summed E-state index contributed by atoms with van der Waals surface area (Å²) in [6, 6.07) is 4.34. The van der Waals surface area contributed by atoms with Crippen molar-refractivity contribution >= 4 is 17.3 Å². The smallest absolute Gasteiger partial charge is 0.123 e. The van der Waals surface area contributed by atoms with Crippen LogP contribution >= 0.6 is 11.6 Å². The molecule has 1 aromatic heterocycles. The van der Waals surface area contributed by atoms with Gasteiger partial charge in [0.25, 0.3) is 0 Å². The first-order chi connectivity index (χ1) is 8.06. The van der Waals surface area contributed by atoms with Gasteiger partial charge in [-0.1, -0.05) is 11.6 Å². The van der Waals surface area contributed by atoms with Crippen LogP contribution in [-0.2, 0) is 13.6 Å². The Morgan fingerprint density at radius 1 is 1.47 bits per heavy atom. The first-order valence-electron chi connectivity index (χ1n) is 5.24. The summed E-state index contributed by atoms with van der Waals surface area (Å²) < 4.78 is 14.8. The van der Waals surface area contributed by atoms with Crippen LogP contribution in [0.25, 0.3) is 0 Å². The van der Waals surface area contributed by atoms with Crippen molar-refractivity contribution < 1.29 is 4.39 Å². The predicted molar refractivity (Wildman–Crippen MR) is 66.7 cm³/mol. The lowest BCUT2D eigenvalue weighted by atomic mass is 10.2. The largest absolute Gasteiger partial charge is 0.378 e. The van der Waals surface area contributed by atoms with E-state index in [0.717, 1.165) is 16.9 Å². The quantitative estimate of drug-likeness (QED) is 0.911. The van der Waals surface area contributed by atoms with E-state index in [1.54, 1.807) is 10.7 Å². The minimum Gasteiger partial charge on any atom is -0.378 e. The molecule has 2 rings (SSSR count). The molecule has 0 atom stereocenters. The van der Waals surface area contributed by atoms with Crippen molar-refractivity contribution in [3.63, 3.8) is 0 Å². The minimum absolute atomic E-state index is 0.283. The second-order valence-electron chi connectivity index (χ2n) is 3.89. The Labute approximate surface area is 104 Å². The molecule has 0 spiro atoms. The number of hydrogen-bond acceptors (Lipinski definition) is 2. The molecule has 0 radical (unpaired) electrons. The maximum atomic E-state index is 13.1. The normalized spacial score (nSPS) is 10.6. The first-order valence-corrected chi connectivity index (χ1v) is 5.62. The fraction of sp³-hybridized carbons (Fsp3) is 0.250. The van der Waals surface area contributed by atoms with Crippen LogP contribution < -0.4 is 5.32 Å². The summed E-state index contributed by atoms with van der Waals surface area (Å²) in [5, 5.41) is 7.95. The van der Waals surface area contributed by atoms with Gasteiger partial charge in [0.2, 0.25) is 0 Å². The van der Waals surface area contributed by atoms with Gasteiger partial charge in [-0.2, -0.15) is 5.10 Å². The molecule has 0 fully saturated rings. The van der Waals surface area contributed by atoms with Crippen LogP contribution in [0.5, 0.6) is 0 Å². The highest BCUT2D eigenvalue weighted by Gasteiger charge is 2.05. The lowest BCUT2D eigenvalue weighted by molar-refractivity contribution is 0.626. The molecule has 0 unspecified atom stereocenters. The number of nitrogens with zero attached hydrogens (tertiary/aromatic N) is 2. The van der Waals surface area contributed by atoms with Crippen LogP contribution in [0.4, 0.5) is 10.1 Å². The molecule has 2 aromatic rings. The van der Waals surface area contributed by atoms with Gasteiger partial charge in [-0.05, 0) is 30.7 Å². The fourth-order valence-corrected chi connectivity index (χ4v) is 1.83. The molecule has 0 saturated carbocycles. The number of nitrogens with one attached hydrogen (secondary N) is 1. The summed E-state index contributed by atoms with van der Waals surface area (Å²) in [4.78, 5) is 0. The molecule has 0 aliphatic rings. The fourth-order valence-electron chi connectivity index (χ4n) is 1.64. The predicted octanol–water partition coefficient (Wildman–Crippen LogP) is 3.13. The van der Waals surface area contributed by atoms with Gasteiger partial charge >= 0.3 is 0 Å². The number of halogens is 2. The highest BCUT2D eigenvalue weighted by Crippen LogP contribution is 2.19. The van der Waals surface area contributed by atoms with E-state index in [4.69, 9.17) is 11.6 Å². The second-order valence-corrected chi connectivity index (χ2v) is 4.30. The molecule has 17 heavy (non-hydrogen) atoms. The monoisotopic (exact) mass is 253 g/mol. The van der Waals surface area contributed by atoms with Crippen molar-refractivity contribution in [3.05, 3.63) is 46.5 Å². The molecule has 0 saturated heterocycles. The number of benzene rings is 1. The Kier molecular flexibility index (Phi) is 3.33. The Morgan fingerprint density at radius 3 is 2.88 bits per heavy atom. The zero-order valence-electron chi connectivity index (χ0n) is 9.67. The van der Waals surface area contributed by atoms with E-state index in [0.29, 0.717) is 11.6 Å². The van der Waals surface area contributed by atoms with Gasteiger partial charge in [0.1, 0.15) is 5.82 Å². The van der Waals surface area contributed by atoms with E-state index >= 15 is 0 Å². The Balaban J connectivity index is 2.12. The Hall–Kier alpha value is -1.55. The maximum Gasteiger partial charge on any atom is 0.123 e. The van der Waals surface area contributed by atoms with E-state index in [2.05, 4.69) is 10.4 Å². The molecule has 0 bridgehead atoms. The molecule has 0 aliphatic carbocycles. The third-order valence-electron chi connectivity index (χ3n) is 2.49. The van der Waals surface area contributed by atoms with Gasteiger partial charge in [-0.15, -0.1) is 0 Å². The number of hydrogen-bond donors (Lipinski definition) is 1. The number of aryl methyl sites for hydroxylation is 2. The molecule has 90 valence electrons. The molecule has 5 heteroatoms. The van der Waals surface area contributed by atoms with Crippen LogP contribution in [0.3, 0.4) is 0 Å². The molecule has 0 aliphatic heterocycles. The second kappa shape index (κ2) is 4.75. The molecule has 1 aromatic carbocycles. The first kappa shape index (κ1) is 11.9. The van der Waals surface area contributed by atoms with Gasteiger partial charge in [-0.3, -0.25) is 4.68 Å². The van der Waals surface area contributed by atoms with Crippen LogP contribution in [0.15, 0.2) is 24.4 Å². The summed E-state index contributed by atoms with van der Waals surface area (Å²) in [5.41, 5.74) is 2.56. The topological polar surface area (TPSA) is 29.9 Å². The van der Waals surface area contributed by atoms with Gasteiger partial charge < -0.3 is 5.32 Å². The summed E-state index contributed by atoms with van der Waals surface area (Å²) >= 11 is 5.98. The molecular weight excluding hydrogens is 241 g/mol. The van der Waals surface area contributed by atoms with Crippen molar-refractivity contribution in [2.75, 3.05) is 5.32 Å². The van der Waals surface area contributed by atoms with Crippen molar-refractivity contribution in [1.82, 2.24) is 9.78 Å². The molecular formula is C12H13ClFN3. The van der Waals surface area contributed by atoms with Crippen LogP contribution in [0.2, 0.25) is 5.02 Å². The van der Waals surface area contributed by atoms with E-state index in [1.807, 2.05) is 20.2 Å². The van der Waals surface area contributed by atoms with Crippen molar-refractivity contribution in [2.24, 2.45) is 7.05 Å². The number of aromatic nitrogens is 2. The Bertz CT molecular complexity index is 537. The van der Waals surface area contributed by atoms with Gasteiger partial charge in [0, 0.05) is 24.8 Å². The molecule has 3 nitrogen and oxygen atoms in total. The van der Waals surface area contributed by atoms with Crippen molar-refractivity contribution in [2.45, 2.75) is 13.5 Å². The summed E-state index contributed by atoms with van der Waals surface area (Å²) in [6.45, 7) is 2.39. The number of anilines is 1. The van der Waals surface area contributed by atoms with Gasteiger partial charge in [0.05, 0.1) is 11.4 Å². The third-order valence-corrected chi connectivity index (χ3v) is 2.86. The zero-order chi connectivity index (χ0) is 12.4. The minimum atomic E-state index is -0.283. The average Bonchev–Trinajstić information content (AvgIpc) is 2.59. The highest BCUT2D eigenvalue weighted by atomic mass is 35.5. The lowest BCUT2D eigenvalue weighted by Crippen LogP contribution is -2.01. The van der Waals surface area contributed by atoms with Crippen molar-refractivity contribution in [1.29, 1.82) is 0 Å². The van der Waals surface area contributed by atoms with Crippen molar-refractivity contribution in [3.8, 4) is 0 Å². The van der Waals surface area contributed by atoms with Crippen LogP contribution in [0.1, 0.15) is 11.3 Å². The zero-order valence-corrected chi connectivity index (χ0v) is 10.4. The third kappa shape index (κ3) is 2.77. The van der Waals surface area contributed by atoms with E-state index < -0.39 is 0 Å². The van der Waals surface area contributed by atoms with Crippen LogP contribution in [-0.4, -0.2) is 9.78 Å². The Morgan fingerprint density at radius 2 is 2.24 bits per heavy atom. The van der Waals surface area contributed by atoms with Crippen LogP contribution in [0, 0.1) is 12.7 Å². The molecule has 1 heterocycles. The van der Waals surface area contributed by atoms with E-state index in [-0.39, 0.29) is 5.82 Å². The van der Waals surface area contributed by atoms with E-state index in [1.165, 1.54) is 12.1 Å². The average molecular weight is 254 g/mol. The standard InChI is InChI=1S/C12H13ClFN3/c1-8-12(7-17(2)16-8)15-6-9-5-10(14)3-4-11(9)13/h3-5,7,15H,6H2,1-2H3. The SMILES string of the molecule is Cc1nn(C)cc1NCc1cc(F)ccc1Cl. The van der Waals surface area contributed by atoms with Gasteiger partial charge in [-0.25, -0.2) is 4.39 Å². The molecule has 1 N–H and O–H groups in total. The lowest BCUT2D eigenvalue weighted by Gasteiger charge is -2.06. The van der Waals surface area contributed by atoms with E-state index in [9.17, 15) is 4.39 Å². The molecule has 0 amide bonds. The number of rotatable bonds is 3. The summed E-state index contributed by atoms with van der Waals surface area (Å²) in [6.07, 6.45) is 1.88. The highest BCUT2D eigenvalue weighted by molar-refractivity contribution is 6.31. The summed E-state index contributed by atoms with van der Waals surface area (Å²) in [7, 11) is 1.85.